The minimum Gasteiger partial charge on any atom is -0.497 e. The lowest BCUT2D eigenvalue weighted by molar-refractivity contribution is -0.120. The van der Waals surface area contributed by atoms with Crippen LogP contribution in [-0.4, -0.2) is 20.0 Å². The molecular formula is C14H18O3. The minimum absolute atomic E-state index is 0.279. The number of hydrogen-bond acceptors (Lipinski definition) is 3. The molecule has 0 bridgehead atoms. The van der Waals surface area contributed by atoms with Gasteiger partial charge in [0.15, 0.2) is 0 Å². The molecule has 0 heterocycles. The van der Waals surface area contributed by atoms with Crippen molar-refractivity contribution in [3.63, 3.8) is 0 Å². The van der Waals surface area contributed by atoms with E-state index in [0.29, 0.717) is 12.2 Å². The van der Waals surface area contributed by atoms with Gasteiger partial charge in [-0.3, -0.25) is 4.79 Å². The largest absolute Gasteiger partial charge is 0.497 e. The van der Waals surface area contributed by atoms with Crippen molar-refractivity contribution in [2.24, 2.45) is 0 Å². The Balaban J connectivity index is 2.30. The van der Waals surface area contributed by atoms with E-state index in [1.165, 1.54) is 0 Å². The molecule has 2 rings (SSSR count). The van der Waals surface area contributed by atoms with E-state index in [0.717, 1.165) is 36.3 Å². The smallest absolute Gasteiger partial charge is 0.133 e. The van der Waals surface area contributed by atoms with Gasteiger partial charge in [0.25, 0.3) is 0 Å². The Labute approximate surface area is 102 Å². The first-order valence-electron chi connectivity index (χ1n) is 5.98. The number of ether oxygens (including phenoxy) is 2. The summed E-state index contributed by atoms with van der Waals surface area (Å²) in [4.78, 5) is 11.5. The summed E-state index contributed by atoms with van der Waals surface area (Å²) in [6, 6.07) is 5.78. The first-order valence-corrected chi connectivity index (χ1v) is 5.98. The van der Waals surface area contributed by atoms with E-state index < -0.39 is 0 Å². The highest BCUT2D eigenvalue weighted by atomic mass is 16.5. The van der Waals surface area contributed by atoms with E-state index in [4.69, 9.17) is 9.47 Å². The molecule has 0 spiro atoms. The van der Waals surface area contributed by atoms with Crippen molar-refractivity contribution in [1.82, 2.24) is 0 Å². The lowest BCUT2D eigenvalue weighted by Crippen LogP contribution is -2.14. The number of rotatable bonds is 3. The molecule has 1 saturated carbocycles. The molecule has 0 N–H and O–H groups in total. The topological polar surface area (TPSA) is 35.5 Å². The molecule has 0 saturated heterocycles. The van der Waals surface area contributed by atoms with Gasteiger partial charge in [0, 0.05) is 18.4 Å². The van der Waals surface area contributed by atoms with Crippen LogP contribution < -0.4 is 9.47 Å². The lowest BCUT2D eigenvalue weighted by Gasteiger charge is -2.23. The van der Waals surface area contributed by atoms with Gasteiger partial charge < -0.3 is 9.47 Å². The monoisotopic (exact) mass is 234 g/mol. The maximum Gasteiger partial charge on any atom is 0.133 e. The van der Waals surface area contributed by atoms with Crippen molar-refractivity contribution >= 4 is 5.78 Å². The van der Waals surface area contributed by atoms with Gasteiger partial charge in [0.05, 0.1) is 14.2 Å². The average Bonchev–Trinajstić information content (AvgIpc) is 2.38. The van der Waals surface area contributed by atoms with Crippen LogP contribution in [0.2, 0.25) is 0 Å². The Morgan fingerprint density at radius 2 is 2.06 bits per heavy atom. The number of carbonyl (C=O) groups is 1. The zero-order chi connectivity index (χ0) is 12.3. The van der Waals surface area contributed by atoms with E-state index in [1.807, 2.05) is 18.2 Å². The predicted molar refractivity (Wildman–Crippen MR) is 65.8 cm³/mol. The molecule has 0 radical (unpaired) electrons. The molecule has 0 aromatic heterocycles. The van der Waals surface area contributed by atoms with Crippen molar-refractivity contribution in [3.05, 3.63) is 23.8 Å². The Bertz CT molecular complexity index is 412. The number of ketones is 1. The molecule has 3 nitrogen and oxygen atoms in total. The van der Waals surface area contributed by atoms with E-state index in [2.05, 4.69) is 0 Å². The third-order valence-electron chi connectivity index (χ3n) is 3.36. The molecular weight excluding hydrogens is 216 g/mol. The molecule has 1 aromatic rings. The quantitative estimate of drug-likeness (QED) is 0.806. The van der Waals surface area contributed by atoms with E-state index in [-0.39, 0.29) is 5.92 Å². The summed E-state index contributed by atoms with van der Waals surface area (Å²) in [5.41, 5.74) is 1.10. The number of methoxy groups -OCH3 is 2. The summed E-state index contributed by atoms with van der Waals surface area (Å²) in [6.07, 6.45) is 3.38. The molecule has 1 fully saturated rings. The van der Waals surface area contributed by atoms with Crippen LogP contribution in [0.25, 0.3) is 0 Å². The zero-order valence-electron chi connectivity index (χ0n) is 10.4. The Morgan fingerprint density at radius 1 is 1.24 bits per heavy atom. The second kappa shape index (κ2) is 5.21. The highest BCUT2D eigenvalue weighted by molar-refractivity contribution is 5.80. The molecule has 1 aliphatic rings. The van der Waals surface area contributed by atoms with Gasteiger partial charge in [0.1, 0.15) is 17.3 Å². The minimum atomic E-state index is 0.279. The summed E-state index contributed by atoms with van der Waals surface area (Å²) >= 11 is 0. The van der Waals surface area contributed by atoms with Gasteiger partial charge in [-0.15, -0.1) is 0 Å². The van der Waals surface area contributed by atoms with Gasteiger partial charge >= 0.3 is 0 Å². The molecule has 1 unspecified atom stereocenters. The molecule has 1 aromatic carbocycles. The normalized spacial score (nSPS) is 20.1. The van der Waals surface area contributed by atoms with Crippen LogP contribution in [0.15, 0.2) is 18.2 Å². The van der Waals surface area contributed by atoms with Crippen LogP contribution >= 0.6 is 0 Å². The van der Waals surface area contributed by atoms with E-state index in [9.17, 15) is 4.79 Å². The summed E-state index contributed by atoms with van der Waals surface area (Å²) < 4.78 is 10.6. The maximum atomic E-state index is 11.5. The Morgan fingerprint density at radius 3 is 2.71 bits per heavy atom. The molecule has 92 valence electrons. The predicted octanol–water partition coefficient (Wildman–Crippen LogP) is 2.93. The van der Waals surface area contributed by atoms with Crippen molar-refractivity contribution in [2.75, 3.05) is 14.2 Å². The molecule has 3 heteroatoms. The fourth-order valence-corrected chi connectivity index (χ4v) is 2.45. The average molecular weight is 234 g/mol. The van der Waals surface area contributed by atoms with Gasteiger partial charge in [-0.2, -0.15) is 0 Å². The van der Waals surface area contributed by atoms with Crippen LogP contribution in [-0.2, 0) is 4.79 Å². The number of Topliss-reactive ketones (excluding diaryl/α,β-unsaturated/α-hetero) is 1. The maximum absolute atomic E-state index is 11.5. The van der Waals surface area contributed by atoms with Crippen molar-refractivity contribution in [1.29, 1.82) is 0 Å². The number of hydrogen-bond donors (Lipinski definition) is 0. The van der Waals surface area contributed by atoms with Crippen LogP contribution in [0, 0.1) is 0 Å². The highest BCUT2D eigenvalue weighted by Crippen LogP contribution is 2.37. The SMILES string of the molecule is COc1ccc(OC)c(C2CCCC(=O)C2)c1. The van der Waals surface area contributed by atoms with Crippen molar-refractivity contribution in [2.45, 2.75) is 31.6 Å². The standard InChI is InChI=1S/C14H18O3/c1-16-12-6-7-14(17-2)13(9-12)10-4-3-5-11(15)8-10/h6-7,9-10H,3-5,8H2,1-2H3. The highest BCUT2D eigenvalue weighted by Gasteiger charge is 2.24. The van der Waals surface area contributed by atoms with Crippen LogP contribution in [0.3, 0.4) is 0 Å². The Hall–Kier alpha value is -1.51. The van der Waals surface area contributed by atoms with E-state index >= 15 is 0 Å². The third kappa shape index (κ3) is 2.60. The van der Waals surface area contributed by atoms with Crippen LogP contribution in [0.4, 0.5) is 0 Å². The summed E-state index contributed by atoms with van der Waals surface area (Å²) in [6.45, 7) is 0. The number of carbonyl (C=O) groups excluding carboxylic acids is 1. The van der Waals surface area contributed by atoms with Crippen LogP contribution in [0.1, 0.15) is 37.2 Å². The fourth-order valence-electron chi connectivity index (χ4n) is 2.45. The fraction of sp³-hybridized carbons (Fsp3) is 0.500. The zero-order valence-corrected chi connectivity index (χ0v) is 10.4. The van der Waals surface area contributed by atoms with Crippen molar-refractivity contribution in [3.8, 4) is 11.5 Å². The first kappa shape index (κ1) is 12.0. The summed E-state index contributed by atoms with van der Waals surface area (Å²) in [7, 11) is 3.31. The van der Waals surface area contributed by atoms with Crippen molar-refractivity contribution < 1.29 is 14.3 Å². The molecule has 0 amide bonds. The van der Waals surface area contributed by atoms with Gasteiger partial charge in [-0.25, -0.2) is 0 Å². The van der Waals surface area contributed by atoms with E-state index in [1.54, 1.807) is 14.2 Å². The van der Waals surface area contributed by atoms with Crippen LogP contribution in [0.5, 0.6) is 11.5 Å². The molecule has 1 aliphatic carbocycles. The molecule has 1 atom stereocenters. The first-order chi connectivity index (χ1) is 8.24. The van der Waals surface area contributed by atoms with Gasteiger partial charge in [-0.05, 0) is 37.0 Å². The molecule has 17 heavy (non-hydrogen) atoms. The second-order valence-corrected chi connectivity index (χ2v) is 4.44. The Kier molecular flexibility index (Phi) is 3.67. The third-order valence-corrected chi connectivity index (χ3v) is 3.36. The molecule has 0 aliphatic heterocycles. The number of benzene rings is 1. The summed E-state index contributed by atoms with van der Waals surface area (Å²) in [5.74, 6) is 2.30. The second-order valence-electron chi connectivity index (χ2n) is 4.44. The van der Waals surface area contributed by atoms with Gasteiger partial charge in [0.2, 0.25) is 0 Å². The summed E-state index contributed by atoms with van der Waals surface area (Å²) in [5, 5.41) is 0. The lowest BCUT2D eigenvalue weighted by atomic mass is 9.83. The van der Waals surface area contributed by atoms with Gasteiger partial charge in [-0.1, -0.05) is 0 Å².